The summed E-state index contributed by atoms with van der Waals surface area (Å²) in [5.74, 6) is -0.820. The predicted molar refractivity (Wildman–Crippen MR) is 55.8 cm³/mol. The molecule has 6 heteroatoms. The minimum atomic E-state index is -2.59. The molecule has 0 amide bonds. The van der Waals surface area contributed by atoms with Crippen molar-refractivity contribution in [2.75, 3.05) is 0 Å². The Morgan fingerprint density at radius 2 is 1.73 bits per heavy atom. The van der Waals surface area contributed by atoms with E-state index >= 15 is 0 Å². The van der Waals surface area contributed by atoms with Crippen LogP contribution in [0.1, 0.15) is 34.6 Å². The Kier molecular flexibility index (Phi) is 4.93. The second-order valence-electron chi connectivity index (χ2n) is 4.54. The fraction of sp³-hybridized carbons (Fsp3) is 0.889. The molecule has 0 unspecified atom stereocenters. The molecule has 0 bridgehead atoms. The summed E-state index contributed by atoms with van der Waals surface area (Å²) < 4.78 is 29.2. The van der Waals surface area contributed by atoms with Crippen LogP contribution in [0.25, 0.3) is 0 Å². The van der Waals surface area contributed by atoms with Crippen molar-refractivity contribution in [1.29, 1.82) is 0 Å². The van der Waals surface area contributed by atoms with Crippen LogP contribution in [0, 0.1) is 5.92 Å². The van der Waals surface area contributed by atoms with E-state index in [1.54, 1.807) is 34.6 Å². The van der Waals surface area contributed by atoms with Gasteiger partial charge in [-0.05, 0) is 26.7 Å². The van der Waals surface area contributed by atoms with Gasteiger partial charge < -0.3 is 4.74 Å². The SMILES string of the molecule is CC(C)[C@@H](N=S(=O)=O)C(=O)OC(C)(C)C. The Balaban J connectivity index is 4.81. The Labute approximate surface area is 91.5 Å². The lowest BCUT2D eigenvalue weighted by atomic mass is 10.1. The van der Waals surface area contributed by atoms with E-state index in [0.717, 1.165) is 0 Å². The third-order valence-electron chi connectivity index (χ3n) is 1.48. The van der Waals surface area contributed by atoms with Gasteiger partial charge in [0.25, 0.3) is 0 Å². The molecule has 0 N–H and O–H groups in total. The summed E-state index contributed by atoms with van der Waals surface area (Å²) in [7, 11) is -2.59. The van der Waals surface area contributed by atoms with Crippen LogP contribution in [0.5, 0.6) is 0 Å². The van der Waals surface area contributed by atoms with Crippen molar-refractivity contribution in [3.05, 3.63) is 0 Å². The Bertz CT molecular complexity index is 343. The van der Waals surface area contributed by atoms with E-state index in [0.29, 0.717) is 0 Å². The lowest BCUT2D eigenvalue weighted by molar-refractivity contribution is -0.157. The molecule has 0 aromatic rings. The molecule has 0 aromatic heterocycles. The van der Waals surface area contributed by atoms with Crippen molar-refractivity contribution >= 4 is 16.5 Å². The standard InChI is InChI=1S/C9H17NO4S/c1-6(2)7(10-15(12)13)8(11)14-9(3,4)5/h6-7H,1-5H3/t7-/m1/s1. The zero-order valence-electron chi connectivity index (χ0n) is 9.64. The van der Waals surface area contributed by atoms with Crippen molar-refractivity contribution in [2.45, 2.75) is 46.3 Å². The molecular weight excluding hydrogens is 218 g/mol. The maximum atomic E-state index is 11.5. The summed E-state index contributed by atoms with van der Waals surface area (Å²) in [4.78, 5) is 11.5. The quantitative estimate of drug-likeness (QED) is 0.693. The van der Waals surface area contributed by atoms with Crippen molar-refractivity contribution in [2.24, 2.45) is 10.3 Å². The topological polar surface area (TPSA) is 72.8 Å². The van der Waals surface area contributed by atoms with Gasteiger partial charge in [-0.15, -0.1) is 0 Å². The third kappa shape index (κ3) is 6.22. The first-order chi connectivity index (χ1) is 6.63. The zero-order chi connectivity index (χ0) is 12.2. The van der Waals surface area contributed by atoms with Crippen molar-refractivity contribution in [3.8, 4) is 0 Å². The molecule has 88 valence electrons. The van der Waals surface area contributed by atoms with Gasteiger partial charge >= 0.3 is 16.5 Å². The number of rotatable bonds is 3. The molecule has 15 heavy (non-hydrogen) atoms. The Hall–Kier alpha value is -0.910. The smallest absolute Gasteiger partial charge is 0.332 e. The van der Waals surface area contributed by atoms with Crippen LogP contribution in [0.3, 0.4) is 0 Å². The molecule has 0 spiro atoms. The predicted octanol–water partition coefficient (Wildman–Crippen LogP) is 1.42. The summed E-state index contributed by atoms with van der Waals surface area (Å²) in [6, 6.07) is -0.956. The molecule has 0 heterocycles. The van der Waals surface area contributed by atoms with Gasteiger partial charge in [-0.3, -0.25) is 0 Å². The molecule has 0 saturated carbocycles. The number of hydrogen-bond acceptors (Lipinski definition) is 5. The van der Waals surface area contributed by atoms with Crippen LogP contribution < -0.4 is 0 Å². The maximum Gasteiger partial charge on any atom is 0.332 e. The van der Waals surface area contributed by atoms with Crippen LogP contribution in [0.4, 0.5) is 0 Å². The number of nitrogens with zero attached hydrogens (tertiary/aromatic N) is 1. The molecule has 0 saturated heterocycles. The first-order valence-corrected chi connectivity index (χ1v) is 5.70. The van der Waals surface area contributed by atoms with Gasteiger partial charge in [0.15, 0.2) is 6.04 Å². The van der Waals surface area contributed by atoms with Gasteiger partial charge in [-0.2, -0.15) is 12.8 Å². The summed E-state index contributed by atoms with van der Waals surface area (Å²) in [5.41, 5.74) is -0.635. The van der Waals surface area contributed by atoms with Crippen molar-refractivity contribution in [1.82, 2.24) is 0 Å². The van der Waals surface area contributed by atoms with E-state index in [1.165, 1.54) is 0 Å². The molecule has 5 nitrogen and oxygen atoms in total. The lowest BCUT2D eigenvalue weighted by Crippen LogP contribution is -2.33. The number of ether oxygens (including phenoxy) is 1. The van der Waals surface area contributed by atoms with E-state index in [2.05, 4.69) is 4.36 Å². The number of esters is 1. The number of carbonyl (C=O) groups excluding carboxylic acids is 1. The van der Waals surface area contributed by atoms with E-state index in [-0.39, 0.29) is 5.92 Å². The first kappa shape index (κ1) is 14.1. The van der Waals surface area contributed by atoms with Crippen molar-refractivity contribution in [3.63, 3.8) is 0 Å². The van der Waals surface area contributed by atoms with Crippen LogP contribution in [-0.2, 0) is 20.0 Å². The summed E-state index contributed by atoms with van der Waals surface area (Å²) >= 11 is 0. The Morgan fingerprint density at radius 3 is 2.00 bits per heavy atom. The molecule has 1 atom stereocenters. The van der Waals surface area contributed by atoms with Gasteiger partial charge in [0.2, 0.25) is 0 Å². The fourth-order valence-corrected chi connectivity index (χ4v) is 1.41. The molecule has 0 rings (SSSR count). The largest absolute Gasteiger partial charge is 0.458 e. The molecule has 0 radical (unpaired) electrons. The highest BCUT2D eigenvalue weighted by molar-refractivity contribution is 7.61. The zero-order valence-corrected chi connectivity index (χ0v) is 10.5. The summed E-state index contributed by atoms with van der Waals surface area (Å²) in [5, 5.41) is 0. The summed E-state index contributed by atoms with van der Waals surface area (Å²) in [6.45, 7) is 8.58. The third-order valence-corrected chi connectivity index (χ3v) is 1.88. The molecule has 0 aliphatic rings. The highest BCUT2D eigenvalue weighted by atomic mass is 32.2. The molecule has 0 fully saturated rings. The van der Waals surface area contributed by atoms with Gasteiger partial charge in [-0.25, -0.2) is 4.79 Å². The van der Waals surface area contributed by atoms with Gasteiger partial charge in [0, 0.05) is 0 Å². The highest BCUT2D eigenvalue weighted by Gasteiger charge is 2.27. The Morgan fingerprint density at radius 1 is 1.27 bits per heavy atom. The van der Waals surface area contributed by atoms with E-state index in [9.17, 15) is 13.2 Å². The van der Waals surface area contributed by atoms with E-state index in [4.69, 9.17) is 4.74 Å². The van der Waals surface area contributed by atoms with Crippen molar-refractivity contribution < 1.29 is 17.9 Å². The second kappa shape index (κ2) is 5.25. The molecule has 0 aromatic carbocycles. The van der Waals surface area contributed by atoms with Gasteiger partial charge in [-0.1, -0.05) is 13.8 Å². The van der Waals surface area contributed by atoms with Crippen LogP contribution >= 0.6 is 0 Å². The van der Waals surface area contributed by atoms with Gasteiger partial charge in [0.1, 0.15) is 5.60 Å². The minimum Gasteiger partial charge on any atom is -0.458 e. The second-order valence-corrected chi connectivity index (χ2v) is 5.19. The minimum absolute atomic E-state index is 0.210. The normalized spacial score (nSPS) is 13.5. The lowest BCUT2D eigenvalue weighted by Gasteiger charge is -2.22. The van der Waals surface area contributed by atoms with Gasteiger partial charge in [0.05, 0.1) is 0 Å². The van der Waals surface area contributed by atoms with Crippen LogP contribution in [-0.4, -0.2) is 26.0 Å². The fourth-order valence-electron chi connectivity index (χ4n) is 0.892. The number of carbonyl (C=O) groups is 1. The van der Waals surface area contributed by atoms with E-state index in [1.807, 2.05) is 0 Å². The monoisotopic (exact) mass is 235 g/mol. The average Bonchev–Trinajstić information content (AvgIpc) is 1.95. The maximum absolute atomic E-state index is 11.5. The molecule has 0 aliphatic carbocycles. The summed E-state index contributed by atoms with van der Waals surface area (Å²) in [6.07, 6.45) is 0. The highest BCUT2D eigenvalue weighted by Crippen LogP contribution is 2.14. The number of hydrogen-bond donors (Lipinski definition) is 0. The molecule has 0 aliphatic heterocycles. The first-order valence-electron chi connectivity index (χ1n) is 4.66. The molecular formula is C9H17NO4S. The van der Waals surface area contributed by atoms with Crippen LogP contribution in [0.15, 0.2) is 4.36 Å². The van der Waals surface area contributed by atoms with E-state index < -0.39 is 28.1 Å². The van der Waals surface area contributed by atoms with Crippen LogP contribution in [0.2, 0.25) is 0 Å². The average molecular weight is 235 g/mol.